The standard InChI is InChI=1S/C24H21ClN4O7S/c1-28-21(24(30)27-37(33,34)16-7-5-15(35-2)6-8-16)13-17-19(10-11-20(23(17)28)29(31)32)26-14-4-9-18(25)22(12-14)36-3/h4-13,26H,1-3H3,(H,27,30). The molecule has 0 radical (unpaired) electrons. The van der Waals surface area contributed by atoms with Gasteiger partial charge in [-0.1, -0.05) is 11.6 Å². The van der Waals surface area contributed by atoms with E-state index in [-0.39, 0.29) is 21.8 Å². The molecule has 0 bridgehead atoms. The lowest BCUT2D eigenvalue weighted by Crippen LogP contribution is -2.31. The Bertz CT molecular complexity index is 1630. The molecule has 4 aromatic rings. The highest BCUT2D eigenvalue weighted by Crippen LogP contribution is 2.36. The summed E-state index contributed by atoms with van der Waals surface area (Å²) in [6, 6.07) is 14.6. The summed E-state index contributed by atoms with van der Waals surface area (Å²) >= 11 is 6.09. The molecule has 37 heavy (non-hydrogen) atoms. The van der Waals surface area contributed by atoms with Crippen molar-refractivity contribution < 1.29 is 27.6 Å². The lowest BCUT2D eigenvalue weighted by atomic mass is 10.1. The molecule has 0 aliphatic heterocycles. The summed E-state index contributed by atoms with van der Waals surface area (Å²) in [5, 5.41) is 15.6. The van der Waals surface area contributed by atoms with E-state index >= 15 is 0 Å². The number of nitro groups is 1. The van der Waals surface area contributed by atoms with Gasteiger partial charge in [-0.2, -0.15) is 0 Å². The number of anilines is 2. The van der Waals surface area contributed by atoms with Crippen LogP contribution in [-0.4, -0.2) is 38.0 Å². The smallest absolute Gasteiger partial charge is 0.293 e. The average Bonchev–Trinajstić information content (AvgIpc) is 3.22. The molecule has 0 saturated heterocycles. The van der Waals surface area contributed by atoms with Crippen LogP contribution in [0.3, 0.4) is 0 Å². The van der Waals surface area contributed by atoms with Gasteiger partial charge in [0.25, 0.3) is 21.6 Å². The molecule has 0 aliphatic rings. The van der Waals surface area contributed by atoms with E-state index in [1.54, 1.807) is 18.2 Å². The second-order valence-corrected chi connectivity index (χ2v) is 9.91. The van der Waals surface area contributed by atoms with Crippen LogP contribution in [0.25, 0.3) is 10.9 Å². The Morgan fingerprint density at radius 3 is 2.35 bits per heavy atom. The molecular formula is C24H21ClN4O7S. The van der Waals surface area contributed by atoms with E-state index in [0.29, 0.717) is 33.3 Å². The number of carbonyl (C=O) groups is 1. The molecule has 1 amide bonds. The normalized spacial score (nSPS) is 11.2. The van der Waals surface area contributed by atoms with Crippen LogP contribution in [0.4, 0.5) is 17.1 Å². The fourth-order valence-corrected chi connectivity index (χ4v) is 4.96. The van der Waals surface area contributed by atoms with Crippen molar-refractivity contribution in [1.29, 1.82) is 0 Å². The molecule has 192 valence electrons. The van der Waals surface area contributed by atoms with Gasteiger partial charge in [0.15, 0.2) is 0 Å². The zero-order valence-corrected chi connectivity index (χ0v) is 21.4. The highest BCUT2D eigenvalue weighted by molar-refractivity contribution is 7.90. The van der Waals surface area contributed by atoms with Crippen LogP contribution < -0.4 is 19.5 Å². The van der Waals surface area contributed by atoms with Crippen molar-refractivity contribution in [1.82, 2.24) is 9.29 Å². The fraction of sp³-hybridized carbons (Fsp3) is 0.125. The zero-order valence-electron chi connectivity index (χ0n) is 19.8. The average molecular weight is 545 g/mol. The summed E-state index contributed by atoms with van der Waals surface area (Å²) in [4.78, 5) is 24.1. The number of ether oxygens (including phenoxy) is 2. The molecule has 11 nitrogen and oxygen atoms in total. The number of hydrogen-bond acceptors (Lipinski definition) is 8. The summed E-state index contributed by atoms with van der Waals surface area (Å²) in [6.45, 7) is 0. The minimum atomic E-state index is -4.23. The predicted molar refractivity (Wildman–Crippen MR) is 139 cm³/mol. The van der Waals surface area contributed by atoms with Crippen LogP contribution >= 0.6 is 11.6 Å². The van der Waals surface area contributed by atoms with Crippen LogP contribution in [0.15, 0.2) is 65.6 Å². The molecule has 2 N–H and O–H groups in total. The monoisotopic (exact) mass is 544 g/mol. The number of nitrogens with zero attached hydrogens (tertiary/aromatic N) is 2. The number of aryl methyl sites for hydroxylation is 1. The molecule has 1 heterocycles. The van der Waals surface area contributed by atoms with E-state index in [1.807, 2.05) is 4.72 Å². The minimum Gasteiger partial charge on any atom is -0.497 e. The molecule has 0 fully saturated rings. The third-order valence-corrected chi connectivity index (χ3v) is 7.29. The van der Waals surface area contributed by atoms with Gasteiger partial charge >= 0.3 is 0 Å². The predicted octanol–water partition coefficient (Wildman–Crippen LogP) is 4.62. The summed E-state index contributed by atoms with van der Waals surface area (Å²) < 4.78 is 39.1. The van der Waals surface area contributed by atoms with Crippen molar-refractivity contribution >= 4 is 55.5 Å². The van der Waals surface area contributed by atoms with Crippen LogP contribution in [0.2, 0.25) is 5.02 Å². The van der Waals surface area contributed by atoms with Gasteiger partial charge < -0.3 is 19.4 Å². The van der Waals surface area contributed by atoms with Crippen LogP contribution in [0.5, 0.6) is 11.5 Å². The number of sulfonamides is 1. The maximum atomic E-state index is 13.1. The Morgan fingerprint density at radius 2 is 1.73 bits per heavy atom. The number of non-ortho nitro benzene ring substituents is 1. The molecule has 1 aromatic heterocycles. The van der Waals surface area contributed by atoms with E-state index in [1.165, 1.54) is 68.3 Å². The fourth-order valence-electron chi connectivity index (χ4n) is 3.80. The van der Waals surface area contributed by atoms with Gasteiger partial charge in [-0.25, -0.2) is 13.1 Å². The highest BCUT2D eigenvalue weighted by atomic mass is 35.5. The summed E-state index contributed by atoms with van der Waals surface area (Å²) in [5.41, 5.74) is 0.792. The maximum Gasteiger partial charge on any atom is 0.293 e. The van der Waals surface area contributed by atoms with Crippen molar-refractivity contribution in [2.45, 2.75) is 4.90 Å². The molecule has 13 heteroatoms. The summed E-state index contributed by atoms with van der Waals surface area (Å²) in [6.07, 6.45) is 0. The van der Waals surface area contributed by atoms with Gasteiger partial charge in [0.2, 0.25) is 0 Å². The quantitative estimate of drug-likeness (QED) is 0.242. The first-order valence-electron chi connectivity index (χ1n) is 10.6. The molecular weight excluding hydrogens is 524 g/mol. The molecule has 3 aromatic carbocycles. The number of methoxy groups -OCH3 is 2. The van der Waals surface area contributed by atoms with E-state index in [9.17, 15) is 23.3 Å². The van der Waals surface area contributed by atoms with E-state index in [4.69, 9.17) is 21.1 Å². The highest BCUT2D eigenvalue weighted by Gasteiger charge is 2.26. The molecule has 0 unspecified atom stereocenters. The number of nitro benzene ring substituents is 1. The SMILES string of the molecule is COc1ccc(S(=O)(=O)NC(=O)c2cc3c(Nc4ccc(Cl)c(OC)c4)ccc([N+](=O)[O-])c3n2C)cc1. The second kappa shape index (κ2) is 9.99. The van der Waals surface area contributed by atoms with Crippen LogP contribution in [0.1, 0.15) is 10.5 Å². The van der Waals surface area contributed by atoms with Gasteiger partial charge in [-0.15, -0.1) is 0 Å². The van der Waals surface area contributed by atoms with Crippen molar-refractivity contribution in [3.05, 3.63) is 81.5 Å². The van der Waals surface area contributed by atoms with Gasteiger partial charge in [0, 0.05) is 35.9 Å². The van der Waals surface area contributed by atoms with E-state index in [2.05, 4.69) is 5.32 Å². The lowest BCUT2D eigenvalue weighted by Gasteiger charge is -2.11. The number of aromatic nitrogens is 1. The Kier molecular flexibility index (Phi) is 6.96. The third kappa shape index (κ3) is 5.01. The number of carbonyl (C=O) groups excluding carboxylic acids is 1. The van der Waals surface area contributed by atoms with E-state index in [0.717, 1.165) is 0 Å². The Hall–Kier alpha value is -4.29. The molecule has 0 aliphatic carbocycles. The minimum absolute atomic E-state index is 0.0990. The van der Waals surface area contributed by atoms with Gasteiger partial charge in [-0.05, 0) is 48.5 Å². The van der Waals surface area contributed by atoms with Crippen molar-refractivity contribution in [3.8, 4) is 11.5 Å². The van der Waals surface area contributed by atoms with Crippen molar-refractivity contribution in [2.75, 3.05) is 19.5 Å². The second-order valence-electron chi connectivity index (χ2n) is 7.82. The third-order valence-electron chi connectivity index (χ3n) is 5.63. The van der Waals surface area contributed by atoms with Gasteiger partial charge in [-0.3, -0.25) is 14.9 Å². The number of rotatable bonds is 8. The number of benzene rings is 3. The number of hydrogen-bond donors (Lipinski definition) is 2. The first-order chi connectivity index (χ1) is 17.6. The van der Waals surface area contributed by atoms with Crippen LogP contribution in [-0.2, 0) is 17.1 Å². The summed E-state index contributed by atoms with van der Waals surface area (Å²) in [7, 11) is 0.127. The topological polar surface area (TPSA) is 142 Å². The van der Waals surface area contributed by atoms with Crippen molar-refractivity contribution in [2.24, 2.45) is 7.05 Å². The number of halogens is 1. The Balaban J connectivity index is 1.75. The first-order valence-corrected chi connectivity index (χ1v) is 12.5. The Morgan fingerprint density at radius 1 is 1.03 bits per heavy atom. The molecule has 4 rings (SSSR count). The molecule has 0 spiro atoms. The van der Waals surface area contributed by atoms with E-state index < -0.39 is 20.9 Å². The van der Waals surface area contributed by atoms with Gasteiger partial charge in [0.1, 0.15) is 22.7 Å². The van der Waals surface area contributed by atoms with Gasteiger partial charge in [0.05, 0.1) is 29.1 Å². The number of amides is 1. The Labute approximate surface area is 216 Å². The lowest BCUT2D eigenvalue weighted by molar-refractivity contribution is -0.383. The maximum absolute atomic E-state index is 13.1. The number of fused-ring (bicyclic) bond motifs is 1. The first kappa shape index (κ1) is 25.8. The molecule has 0 saturated carbocycles. The summed E-state index contributed by atoms with van der Waals surface area (Å²) in [5.74, 6) is -0.0887. The largest absolute Gasteiger partial charge is 0.497 e. The zero-order chi connectivity index (χ0) is 26.9. The van der Waals surface area contributed by atoms with Crippen molar-refractivity contribution in [3.63, 3.8) is 0 Å². The van der Waals surface area contributed by atoms with Crippen LogP contribution in [0, 0.1) is 10.1 Å². The molecule has 0 atom stereocenters. The number of nitrogens with one attached hydrogen (secondary N) is 2.